The number of nitrogen functional groups attached to an aromatic ring is 1. The number of hydrogen-bond donors (Lipinski definition) is 1. The quantitative estimate of drug-likeness (QED) is 0.808. The van der Waals surface area contributed by atoms with Crippen molar-refractivity contribution in [1.82, 2.24) is 0 Å². The van der Waals surface area contributed by atoms with Crippen molar-refractivity contribution in [2.45, 2.75) is 18.2 Å². The molecule has 1 aliphatic heterocycles. The second kappa shape index (κ2) is 4.16. The highest BCUT2D eigenvalue weighted by Crippen LogP contribution is 2.51. The summed E-state index contributed by atoms with van der Waals surface area (Å²) in [7, 11) is 0. The van der Waals surface area contributed by atoms with Crippen LogP contribution in [0.2, 0.25) is 0 Å². The molecule has 1 aliphatic rings. The molecule has 0 aliphatic carbocycles. The summed E-state index contributed by atoms with van der Waals surface area (Å²) < 4.78 is 46.2. The van der Waals surface area contributed by atoms with E-state index in [-0.39, 0.29) is 17.7 Å². The third-order valence-electron chi connectivity index (χ3n) is 3.58. The smallest absolute Gasteiger partial charge is 0.432 e. The summed E-state index contributed by atoms with van der Waals surface area (Å²) in [5.41, 5.74) is 4.23. The van der Waals surface area contributed by atoms with Gasteiger partial charge in [-0.15, -0.1) is 0 Å². The number of anilines is 1. The first-order valence-electron chi connectivity index (χ1n) is 6.13. The van der Waals surface area contributed by atoms with Crippen LogP contribution in [0.3, 0.4) is 0 Å². The van der Waals surface area contributed by atoms with Gasteiger partial charge in [-0.2, -0.15) is 13.2 Å². The SMILES string of the molecule is Nc1cccc2c1CC(c1ccccc1)(C(F)(F)F)O2. The highest BCUT2D eigenvalue weighted by Gasteiger charge is 2.61. The number of rotatable bonds is 1. The van der Waals surface area contributed by atoms with Crippen molar-refractivity contribution in [2.24, 2.45) is 0 Å². The van der Waals surface area contributed by atoms with Crippen LogP contribution < -0.4 is 10.5 Å². The molecule has 1 unspecified atom stereocenters. The Hall–Kier alpha value is -2.17. The van der Waals surface area contributed by atoms with Crippen LogP contribution in [0.15, 0.2) is 48.5 Å². The van der Waals surface area contributed by atoms with Crippen molar-refractivity contribution in [1.29, 1.82) is 0 Å². The maximum Gasteiger partial charge on any atom is 0.432 e. The fourth-order valence-electron chi connectivity index (χ4n) is 2.53. The zero-order valence-electron chi connectivity index (χ0n) is 10.4. The first-order chi connectivity index (χ1) is 9.44. The van der Waals surface area contributed by atoms with Crippen LogP contribution in [-0.2, 0) is 12.0 Å². The minimum Gasteiger partial charge on any atom is -0.472 e. The van der Waals surface area contributed by atoms with Crippen LogP contribution in [0.4, 0.5) is 18.9 Å². The molecular weight excluding hydrogens is 267 g/mol. The van der Waals surface area contributed by atoms with Gasteiger partial charge in [0.25, 0.3) is 0 Å². The van der Waals surface area contributed by atoms with Crippen LogP contribution in [0.1, 0.15) is 11.1 Å². The fourth-order valence-corrected chi connectivity index (χ4v) is 2.53. The van der Waals surface area contributed by atoms with E-state index in [1.807, 2.05) is 0 Å². The van der Waals surface area contributed by atoms with Gasteiger partial charge in [0.1, 0.15) is 5.75 Å². The van der Waals surface area contributed by atoms with Gasteiger partial charge in [-0.05, 0) is 12.1 Å². The third kappa shape index (κ3) is 1.73. The molecule has 2 nitrogen and oxygen atoms in total. The van der Waals surface area contributed by atoms with Crippen LogP contribution in [0.5, 0.6) is 5.75 Å². The zero-order valence-corrected chi connectivity index (χ0v) is 10.4. The van der Waals surface area contributed by atoms with Gasteiger partial charge in [-0.3, -0.25) is 0 Å². The first-order valence-corrected chi connectivity index (χ1v) is 6.13. The molecule has 104 valence electrons. The number of fused-ring (bicyclic) bond motifs is 1. The highest BCUT2D eigenvalue weighted by atomic mass is 19.4. The Bertz CT molecular complexity index is 639. The van der Waals surface area contributed by atoms with Gasteiger partial charge in [0.2, 0.25) is 5.60 Å². The molecule has 0 spiro atoms. The molecule has 0 amide bonds. The molecule has 2 N–H and O–H groups in total. The Morgan fingerprint density at radius 1 is 1.00 bits per heavy atom. The second-order valence-corrected chi connectivity index (χ2v) is 4.79. The lowest BCUT2D eigenvalue weighted by Gasteiger charge is -2.31. The molecule has 0 fully saturated rings. The van der Waals surface area contributed by atoms with Crippen LogP contribution in [-0.4, -0.2) is 6.18 Å². The first kappa shape index (κ1) is 12.8. The second-order valence-electron chi connectivity index (χ2n) is 4.79. The molecule has 0 saturated heterocycles. The summed E-state index contributed by atoms with van der Waals surface area (Å²) in [6.45, 7) is 0. The Morgan fingerprint density at radius 2 is 1.70 bits per heavy atom. The normalized spacial score (nSPS) is 21.4. The van der Waals surface area contributed by atoms with Crippen LogP contribution in [0.25, 0.3) is 0 Å². The maximum absolute atomic E-state index is 13.6. The summed E-state index contributed by atoms with van der Waals surface area (Å²) >= 11 is 0. The van der Waals surface area contributed by atoms with E-state index in [9.17, 15) is 13.2 Å². The van der Waals surface area contributed by atoms with Crippen molar-refractivity contribution in [3.63, 3.8) is 0 Å². The molecular formula is C15H12F3NO. The van der Waals surface area contributed by atoms with Gasteiger partial charge >= 0.3 is 6.18 Å². The van der Waals surface area contributed by atoms with Gasteiger partial charge < -0.3 is 10.5 Å². The van der Waals surface area contributed by atoms with E-state index in [2.05, 4.69) is 0 Å². The molecule has 2 aromatic rings. The number of ether oxygens (including phenoxy) is 1. The Morgan fingerprint density at radius 3 is 2.30 bits per heavy atom. The highest BCUT2D eigenvalue weighted by molar-refractivity contribution is 5.58. The van der Waals surface area contributed by atoms with Gasteiger partial charge in [0, 0.05) is 23.2 Å². The summed E-state index contributed by atoms with van der Waals surface area (Å²) in [6.07, 6.45) is -4.83. The van der Waals surface area contributed by atoms with Gasteiger partial charge in [-0.25, -0.2) is 0 Å². The fraction of sp³-hybridized carbons (Fsp3) is 0.200. The van der Waals surface area contributed by atoms with E-state index in [1.54, 1.807) is 30.3 Å². The van der Waals surface area contributed by atoms with E-state index in [4.69, 9.17) is 10.5 Å². The molecule has 0 bridgehead atoms. The van der Waals surface area contributed by atoms with Crippen molar-refractivity contribution in [3.05, 3.63) is 59.7 Å². The Balaban J connectivity index is 2.16. The Labute approximate surface area is 114 Å². The molecule has 5 heteroatoms. The van der Waals surface area contributed by atoms with E-state index < -0.39 is 11.8 Å². The van der Waals surface area contributed by atoms with E-state index in [1.165, 1.54) is 18.2 Å². The monoisotopic (exact) mass is 279 g/mol. The number of alkyl halides is 3. The van der Waals surface area contributed by atoms with Gasteiger partial charge in [0.05, 0.1) is 0 Å². The lowest BCUT2D eigenvalue weighted by atomic mass is 9.88. The average molecular weight is 279 g/mol. The Kier molecular flexibility index (Phi) is 2.67. The molecule has 0 saturated carbocycles. The van der Waals surface area contributed by atoms with Crippen molar-refractivity contribution in [2.75, 3.05) is 5.73 Å². The maximum atomic E-state index is 13.6. The predicted molar refractivity (Wildman–Crippen MR) is 69.4 cm³/mol. The average Bonchev–Trinajstić information content (AvgIpc) is 2.82. The molecule has 1 atom stereocenters. The number of benzene rings is 2. The summed E-state index contributed by atoms with van der Waals surface area (Å²) in [4.78, 5) is 0. The largest absolute Gasteiger partial charge is 0.472 e. The molecule has 0 radical (unpaired) electrons. The number of hydrogen-bond acceptors (Lipinski definition) is 2. The lowest BCUT2D eigenvalue weighted by molar-refractivity contribution is -0.248. The van der Waals surface area contributed by atoms with Crippen LogP contribution in [0, 0.1) is 0 Å². The van der Waals surface area contributed by atoms with E-state index >= 15 is 0 Å². The lowest BCUT2D eigenvalue weighted by Crippen LogP contribution is -2.46. The molecule has 1 heterocycles. The zero-order chi connectivity index (χ0) is 14.4. The minimum absolute atomic E-state index is 0.0862. The summed E-state index contributed by atoms with van der Waals surface area (Å²) in [5.74, 6) is 0.200. The topological polar surface area (TPSA) is 35.2 Å². The summed E-state index contributed by atoms with van der Waals surface area (Å²) in [5, 5.41) is 0. The number of nitrogens with two attached hydrogens (primary N) is 1. The molecule has 20 heavy (non-hydrogen) atoms. The van der Waals surface area contributed by atoms with Gasteiger partial charge in [0.15, 0.2) is 0 Å². The van der Waals surface area contributed by atoms with Crippen molar-refractivity contribution >= 4 is 5.69 Å². The van der Waals surface area contributed by atoms with Crippen LogP contribution >= 0.6 is 0 Å². The molecule has 0 aromatic heterocycles. The van der Waals surface area contributed by atoms with Crippen molar-refractivity contribution < 1.29 is 17.9 Å². The molecule has 3 rings (SSSR count). The standard InChI is InChI=1S/C15H12F3NO/c16-15(17,18)14(10-5-2-1-3-6-10)9-11-12(19)7-4-8-13(11)20-14/h1-8H,9,19H2. The third-order valence-corrected chi connectivity index (χ3v) is 3.58. The minimum atomic E-state index is -4.53. The van der Waals surface area contributed by atoms with Gasteiger partial charge in [-0.1, -0.05) is 36.4 Å². The van der Waals surface area contributed by atoms with E-state index in [0.29, 0.717) is 11.3 Å². The molecule has 2 aromatic carbocycles. The summed E-state index contributed by atoms with van der Waals surface area (Å²) in [6, 6.07) is 12.3. The van der Waals surface area contributed by atoms with E-state index in [0.717, 1.165) is 0 Å². The number of halogens is 3. The van der Waals surface area contributed by atoms with Crippen molar-refractivity contribution in [3.8, 4) is 5.75 Å². The predicted octanol–water partition coefficient (Wildman–Crippen LogP) is 3.66.